The van der Waals surface area contributed by atoms with E-state index in [4.69, 9.17) is 0 Å². The molecule has 0 aromatic heterocycles. The average Bonchev–Trinajstić information content (AvgIpc) is 2.20. The molecule has 0 aromatic rings. The molecule has 0 N–H and O–H groups in total. The van der Waals surface area contributed by atoms with Gasteiger partial charge in [-0.15, -0.1) is 0 Å². The van der Waals surface area contributed by atoms with Crippen molar-refractivity contribution in [2.24, 2.45) is 9.41 Å². The summed E-state index contributed by atoms with van der Waals surface area (Å²) in [6.45, 7) is 7.78. The summed E-state index contributed by atoms with van der Waals surface area (Å²) < 4.78 is 4.17. The first kappa shape index (κ1) is 23.9. The maximum atomic E-state index is 4.54. The van der Waals surface area contributed by atoms with Crippen LogP contribution in [-0.2, 0) is 61.8 Å². The van der Waals surface area contributed by atoms with Gasteiger partial charge in [-0.2, -0.15) is 0 Å². The van der Waals surface area contributed by atoms with Crippen molar-refractivity contribution in [3.63, 3.8) is 0 Å². The van der Waals surface area contributed by atoms with Gasteiger partial charge in [0.05, 0.1) is 0 Å². The predicted molar refractivity (Wildman–Crippen MR) is 62.9 cm³/mol. The summed E-state index contributed by atoms with van der Waals surface area (Å²) in [4.78, 5) is 0. The van der Waals surface area contributed by atoms with Gasteiger partial charge in [-0.25, -0.2) is 0 Å². The maximum Gasteiger partial charge on any atom is 0 e. The van der Waals surface area contributed by atoms with E-state index in [0.29, 0.717) is 0 Å². The van der Waals surface area contributed by atoms with E-state index in [-0.39, 0.29) is 42.1 Å². The summed E-state index contributed by atoms with van der Waals surface area (Å²) in [7, 11) is 0. The van der Waals surface area contributed by atoms with Gasteiger partial charge in [0.15, 0.2) is 0 Å². The molecule has 0 fully saturated rings. The molecule has 0 amide bonds. The molecule has 0 saturated carbocycles. The van der Waals surface area contributed by atoms with Gasteiger partial charge in [-0.3, -0.25) is 0 Å². The molecule has 0 unspecified atom stereocenters. The predicted octanol–water partition coefficient (Wildman–Crippen LogP) is 4.08. The third-order valence-corrected chi connectivity index (χ3v) is 3.07. The summed E-state index contributed by atoms with van der Waals surface area (Å²) in [5.41, 5.74) is 0. The zero-order valence-corrected chi connectivity index (χ0v) is 19.9. The van der Waals surface area contributed by atoms with Crippen molar-refractivity contribution in [1.82, 2.24) is 0 Å². The Morgan fingerprint density at radius 3 is 2.12 bits per heavy atom. The van der Waals surface area contributed by atoms with E-state index in [1.165, 1.54) is 58.2 Å². The van der Waals surface area contributed by atoms with Crippen LogP contribution in [0.25, 0.3) is 5.32 Å². The molecule has 0 atom stereocenters. The molecule has 17 heavy (non-hydrogen) atoms. The first-order chi connectivity index (χ1) is 7.27. The van der Waals surface area contributed by atoms with E-state index in [1.807, 2.05) is 0 Å². The van der Waals surface area contributed by atoms with Crippen LogP contribution in [0.2, 0.25) is 0 Å². The zero-order chi connectivity index (χ0) is 11.4. The number of hydrogen-bond donors (Lipinski definition) is 0. The van der Waals surface area contributed by atoms with Crippen LogP contribution in [0.15, 0.2) is 3.50 Å². The van der Waals surface area contributed by atoms with Crippen LogP contribution < -0.4 is 0 Å². The topological polar surface area (TPSA) is 26.5 Å². The first-order valence-corrected chi connectivity index (χ1v) is 7.51. The Labute approximate surface area is 147 Å². The molecule has 0 aliphatic heterocycles. The van der Waals surface area contributed by atoms with Gasteiger partial charge >= 0.3 is 92.5 Å². The smallest absolute Gasteiger partial charge is 0 e. The van der Waals surface area contributed by atoms with Gasteiger partial charge in [0.25, 0.3) is 0 Å². The minimum absolute atomic E-state index is 0. The van der Waals surface area contributed by atoms with Gasteiger partial charge in [0.1, 0.15) is 0 Å². The Morgan fingerprint density at radius 2 is 1.53 bits per heavy atom. The van der Waals surface area contributed by atoms with Gasteiger partial charge in [-0.05, 0) is 0 Å². The minimum Gasteiger partial charge on any atom is 0 e. The molecular weight excluding hydrogens is 724 g/mol. The summed E-state index contributed by atoms with van der Waals surface area (Å²) in [5, 5.41) is 4.54. The maximum absolute atomic E-state index is 4.54. The summed E-state index contributed by atoms with van der Waals surface area (Å²) in [6, 6.07) is 0. The first-order valence-electron chi connectivity index (χ1n) is 6.19. The molecule has 0 bridgehead atoms. The molecule has 2 nitrogen and oxygen atoms in total. The molecule has 0 radical (unpaired) electrons. The second-order valence-corrected chi connectivity index (χ2v) is 5.40. The largest absolute Gasteiger partial charge is 0 e. The number of nitrogens with zero attached hydrogens (tertiary/aromatic N) is 2. The van der Waals surface area contributed by atoms with Gasteiger partial charge in [0.2, 0.25) is 0 Å². The second kappa shape index (κ2) is 20.1. The van der Waals surface area contributed by atoms with Crippen LogP contribution in [-0.4, -0.2) is 19.6 Å². The Morgan fingerprint density at radius 1 is 0.941 bits per heavy atom. The van der Waals surface area contributed by atoms with Crippen molar-refractivity contribution in [1.29, 1.82) is 0 Å². The van der Waals surface area contributed by atoms with E-state index in [2.05, 4.69) is 22.7 Å². The fourth-order valence-corrected chi connectivity index (χ4v) is 1.94. The van der Waals surface area contributed by atoms with Crippen LogP contribution in [0.3, 0.4) is 0 Å². The number of rotatable bonds is 11. The third kappa shape index (κ3) is 23.4. The van der Waals surface area contributed by atoms with E-state index >= 15 is 0 Å². The van der Waals surface area contributed by atoms with Crippen LogP contribution in [0, 0.1) is 5.92 Å². The van der Waals surface area contributed by atoms with E-state index in [1.54, 1.807) is 0 Å². The minimum atomic E-state index is 0. The zero-order valence-electron chi connectivity index (χ0n) is 11.1. The Kier molecular flexibility index (Phi) is 28.3. The van der Waals surface area contributed by atoms with Crippen LogP contribution >= 0.6 is 0 Å². The van der Waals surface area contributed by atoms with Crippen molar-refractivity contribution in [3.8, 4) is 0 Å². The molecule has 0 aromatic carbocycles. The Bertz CT molecular complexity index is 144. The molecule has 0 rings (SSSR count). The summed E-state index contributed by atoms with van der Waals surface area (Å²) in [6.07, 6.45) is 7.81. The van der Waals surface area contributed by atoms with Crippen LogP contribution in [0.5, 0.6) is 0 Å². The van der Waals surface area contributed by atoms with Crippen molar-refractivity contribution in [3.05, 3.63) is 5.32 Å². The van der Waals surface area contributed by atoms with E-state index < -0.39 is 0 Å². The average molecular weight is 749 g/mol. The Hall–Kier alpha value is 1.82. The molecule has 102 valence electrons. The molecule has 0 aliphatic carbocycles. The fraction of sp³-hybridized carbons (Fsp3) is 1.00. The standard InChI is InChI=1S/C12H25N2.3W/c1-12(2)8-7-11-14-10-6-4-3-5-9-13;;;/h12H,3-11H2,1-2H3;;;/q-1;;;. The van der Waals surface area contributed by atoms with Crippen molar-refractivity contribution >= 4 is 0 Å². The van der Waals surface area contributed by atoms with Crippen molar-refractivity contribution < 1.29 is 61.8 Å². The summed E-state index contributed by atoms with van der Waals surface area (Å²) in [5.74, 6) is 0.833. The fourth-order valence-electron chi connectivity index (χ4n) is 1.48. The van der Waals surface area contributed by atoms with E-state index in [9.17, 15) is 0 Å². The SMILES string of the molecule is CC(C)CCC[N-]CCCCCC[N]=[W].[W].[W]. The van der Waals surface area contributed by atoms with Crippen molar-refractivity contribution in [2.45, 2.75) is 52.4 Å². The van der Waals surface area contributed by atoms with Crippen molar-refractivity contribution in [2.75, 3.05) is 19.6 Å². The quantitative estimate of drug-likeness (QED) is 0.285. The number of unbranched alkanes of at least 4 members (excludes halogenated alkanes) is 3. The van der Waals surface area contributed by atoms with Gasteiger partial charge < -0.3 is 0 Å². The van der Waals surface area contributed by atoms with Gasteiger partial charge in [0, 0.05) is 42.1 Å². The monoisotopic (exact) mass is 749 g/mol. The molecule has 0 saturated heterocycles. The number of hydrogen-bond acceptors (Lipinski definition) is 1. The molecular formula is C12H25N2W3-. The molecule has 5 heteroatoms. The molecule has 0 spiro atoms. The Balaban J connectivity index is -0.000000980. The van der Waals surface area contributed by atoms with Crippen LogP contribution in [0.4, 0.5) is 0 Å². The van der Waals surface area contributed by atoms with Gasteiger partial charge in [-0.1, -0.05) is 13.8 Å². The molecule has 0 aliphatic rings. The molecule has 0 heterocycles. The third-order valence-electron chi connectivity index (χ3n) is 2.41. The van der Waals surface area contributed by atoms with E-state index in [0.717, 1.165) is 25.6 Å². The normalized spacial score (nSPS) is 9.59. The summed E-state index contributed by atoms with van der Waals surface area (Å²) >= 11 is 1.37. The second-order valence-electron chi connectivity index (χ2n) is 4.47. The van der Waals surface area contributed by atoms with Crippen LogP contribution in [0.1, 0.15) is 52.4 Å².